The van der Waals surface area contributed by atoms with Crippen LogP contribution < -0.4 is 4.90 Å². The molecule has 0 fully saturated rings. The highest BCUT2D eigenvalue weighted by Crippen LogP contribution is 2.33. The maximum Gasteiger partial charge on any atom is 0.416 e. The fourth-order valence-electron chi connectivity index (χ4n) is 2.83. The third-order valence-electron chi connectivity index (χ3n) is 4.15. The highest BCUT2D eigenvalue weighted by molar-refractivity contribution is 6.55. The van der Waals surface area contributed by atoms with Gasteiger partial charge in [-0.1, -0.05) is 52.1 Å². The van der Waals surface area contributed by atoms with Gasteiger partial charge in [0.1, 0.15) is 0 Å². The average Bonchev–Trinajstić information content (AvgIpc) is 2.90. The highest BCUT2D eigenvalue weighted by Gasteiger charge is 2.36. The number of carbonyl (C=O) groups excluding carboxylic acids is 2. The van der Waals surface area contributed by atoms with Crippen molar-refractivity contribution in [3.63, 3.8) is 0 Å². The number of hydrogen-bond donors (Lipinski definition) is 0. The number of amides is 1. The molecule has 0 atom stereocenters. The third kappa shape index (κ3) is 4.54. The van der Waals surface area contributed by atoms with Crippen LogP contribution in [-0.2, 0) is 27.1 Å². The first-order valence-electron chi connectivity index (χ1n) is 8.24. The predicted molar refractivity (Wildman–Crippen MR) is 102 cm³/mol. The molecule has 2 aromatic rings. The Hall–Kier alpha value is -2.58. The molecular weight excluding hydrogens is 432 g/mol. The molecule has 2 aromatic carbocycles. The Bertz CT molecular complexity index is 1010. The van der Waals surface area contributed by atoms with Crippen LogP contribution in [-0.4, -0.2) is 22.4 Å². The summed E-state index contributed by atoms with van der Waals surface area (Å²) in [5.41, 5.74) is 0.919. The first kappa shape index (κ1) is 21.1. The van der Waals surface area contributed by atoms with Crippen LogP contribution in [0.1, 0.15) is 22.3 Å². The Morgan fingerprint density at radius 2 is 1.93 bits per heavy atom. The number of alkyl halides is 5. The van der Waals surface area contributed by atoms with Gasteiger partial charge in [-0.05, 0) is 36.8 Å². The van der Waals surface area contributed by atoms with Crippen molar-refractivity contribution in [2.75, 3.05) is 4.90 Å². The molecule has 0 saturated carbocycles. The molecule has 0 saturated heterocycles. The third-order valence-corrected chi connectivity index (χ3v) is 4.50. The van der Waals surface area contributed by atoms with Gasteiger partial charge in [-0.3, -0.25) is 4.79 Å². The lowest BCUT2D eigenvalue weighted by Crippen LogP contribution is -2.30. The van der Waals surface area contributed by atoms with Gasteiger partial charge in [0.15, 0.2) is 5.71 Å². The standard InChI is InChI=1S/C19H13Cl2F3N2O3/c1-10-5-6-14-13(7-10)15(25-29-18(28)16(20)21)17(27)26(14)9-11-3-2-4-12(8-11)19(22,23)24/h2-8,16H,9H2,1H3/b25-15+. The summed E-state index contributed by atoms with van der Waals surface area (Å²) < 4.78 is 38.9. The number of halogens is 5. The maximum absolute atomic E-state index is 13.0. The summed E-state index contributed by atoms with van der Waals surface area (Å²) >= 11 is 10.8. The summed E-state index contributed by atoms with van der Waals surface area (Å²) in [6, 6.07) is 9.73. The van der Waals surface area contributed by atoms with E-state index in [1.807, 2.05) is 0 Å². The van der Waals surface area contributed by atoms with E-state index in [2.05, 4.69) is 9.99 Å². The van der Waals surface area contributed by atoms with Crippen molar-refractivity contribution in [3.8, 4) is 0 Å². The number of carbonyl (C=O) groups is 2. The van der Waals surface area contributed by atoms with Crippen LogP contribution in [0.15, 0.2) is 47.6 Å². The Balaban J connectivity index is 1.96. The second-order valence-corrected chi connectivity index (χ2v) is 7.36. The number of benzene rings is 2. The van der Waals surface area contributed by atoms with Crippen LogP contribution in [0.2, 0.25) is 0 Å². The zero-order valence-corrected chi connectivity index (χ0v) is 16.3. The molecule has 0 bridgehead atoms. The van der Waals surface area contributed by atoms with Gasteiger partial charge in [-0.2, -0.15) is 13.2 Å². The van der Waals surface area contributed by atoms with E-state index in [0.717, 1.165) is 17.7 Å². The minimum absolute atomic E-state index is 0.126. The minimum Gasteiger partial charge on any atom is -0.314 e. The monoisotopic (exact) mass is 444 g/mol. The zero-order valence-electron chi connectivity index (χ0n) is 14.8. The van der Waals surface area contributed by atoms with Crippen LogP contribution >= 0.6 is 23.2 Å². The molecule has 0 spiro atoms. The van der Waals surface area contributed by atoms with Crippen molar-refractivity contribution in [3.05, 3.63) is 64.7 Å². The van der Waals surface area contributed by atoms with E-state index in [1.54, 1.807) is 25.1 Å². The molecule has 0 unspecified atom stereocenters. The number of aryl methyl sites for hydroxylation is 1. The second-order valence-electron chi connectivity index (χ2n) is 6.26. The Morgan fingerprint density at radius 3 is 2.59 bits per heavy atom. The molecule has 0 aromatic heterocycles. The lowest BCUT2D eigenvalue weighted by Gasteiger charge is -2.18. The molecule has 1 aliphatic heterocycles. The Morgan fingerprint density at radius 1 is 1.21 bits per heavy atom. The molecule has 0 radical (unpaired) electrons. The molecular formula is C19H13Cl2F3N2O3. The van der Waals surface area contributed by atoms with Gasteiger partial charge in [-0.25, -0.2) is 4.79 Å². The van der Waals surface area contributed by atoms with Gasteiger partial charge in [0.2, 0.25) is 4.84 Å². The summed E-state index contributed by atoms with van der Waals surface area (Å²) in [6.07, 6.45) is -4.50. The summed E-state index contributed by atoms with van der Waals surface area (Å²) in [4.78, 5) is 28.7. The number of fused-ring (bicyclic) bond motifs is 1. The number of rotatable bonds is 4. The SMILES string of the molecule is Cc1ccc2c(c1)/C(=N\OC(=O)C(Cl)Cl)C(=O)N2Cc1cccc(C(F)(F)F)c1. The predicted octanol–water partition coefficient (Wildman–Crippen LogP) is 4.61. The van der Waals surface area contributed by atoms with Crippen molar-refractivity contribution >= 4 is 46.5 Å². The van der Waals surface area contributed by atoms with Gasteiger partial charge >= 0.3 is 12.1 Å². The molecule has 5 nitrogen and oxygen atoms in total. The molecule has 29 heavy (non-hydrogen) atoms. The molecule has 10 heteroatoms. The van der Waals surface area contributed by atoms with Gasteiger partial charge in [0, 0.05) is 5.56 Å². The molecule has 3 rings (SSSR count). The first-order chi connectivity index (χ1) is 13.6. The van der Waals surface area contributed by atoms with Gasteiger partial charge in [0.05, 0.1) is 17.8 Å². The Labute approximate surface area is 173 Å². The summed E-state index contributed by atoms with van der Waals surface area (Å²) in [6.45, 7) is 1.66. The molecule has 1 heterocycles. The first-order valence-corrected chi connectivity index (χ1v) is 9.11. The topological polar surface area (TPSA) is 59.0 Å². The quantitative estimate of drug-likeness (QED) is 0.393. The van der Waals surface area contributed by atoms with Crippen molar-refractivity contribution in [1.29, 1.82) is 0 Å². The lowest BCUT2D eigenvalue weighted by atomic mass is 10.1. The van der Waals surface area contributed by atoms with Crippen LogP contribution in [0.4, 0.5) is 18.9 Å². The van der Waals surface area contributed by atoms with Crippen LogP contribution in [0.3, 0.4) is 0 Å². The van der Waals surface area contributed by atoms with E-state index < -0.39 is 28.5 Å². The van der Waals surface area contributed by atoms with E-state index in [9.17, 15) is 22.8 Å². The summed E-state index contributed by atoms with van der Waals surface area (Å²) in [5, 5.41) is 3.58. The van der Waals surface area contributed by atoms with E-state index in [4.69, 9.17) is 23.2 Å². The average molecular weight is 445 g/mol. The van der Waals surface area contributed by atoms with Crippen molar-refractivity contribution in [1.82, 2.24) is 0 Å². The highest BCUT2D eigenvalue weighted by atomic mass is 35.5. The molecule has 0 aliphatic carbocycles. The fourth-order valence-corrected chi connectivity index (χ4v) is 2.91. The van der Waals surface area contributed by atoms with E-state index in [-0.39, 0.29) is 17.8 Å². The molecule has 0 N–H and O–H groups in total. The van der Waals surface area contributed by atoms with Gasteiger partial charge < -0.3 is 9.74 Å². The van der Waals surface area contributed by atoms with E-state index in [1.165, 1.54) is 17.0 Å². The zero-order chi connectivity index (χ0) is 21.3. The van der Waals surface area contributed by atoms with Crippen LogP contribution in [0.25, 0.3) is 0 Å². The smallest absolute Gasteiger partial charge is 0.314 e. The van der Waals surface area contributed by atoms with Crippen molar-refractivity contribution in [2.45, 2.75) is 24.5 Å². The maximum atomic E-state index is 13.0. The number of hydrogen-bond acceptors (Lipinski definition) is 4. The number of oxime groups is 1. The molecule has 1 aliphatic rings. The molecule has 152 valence electrons. The van der Waals surface area contributed by atoms with Crippen molar-refractivity contribution in [2.24, 2.45) is 5.16 Å². The molecule has 1 amide bonds. The van der Waals surface area contributed by atoms with E-state index >= 15 is 0 Å². The normalized spacial score (nSPS) is 15.2. The lowest BCUT2D eigenvalue weighted by molar-refractivity contribution is -0.141. The largest absolute Gasteiger partial charge is 0.416 e. The summed E-state index contributed by atoms with van der Waals surface area (Å²) in [5.74, 6) is -1.68. The number of anilines is 1. The minimum atomic E-state index is -4.50. The fraction of sp³-hybridized carbons (Fsp3) is 0.211. The van der Waals surface area contributed by atoms with Crippen LogP contribution in [0, 0.1) is 6.92 Å². The van der Waals surface area contributed by atoms with E-state index in [0.29, 0.717) is 11.3 Å². The Kier molecular flexibility index (Phi) is 5.86. The van der Waals surface area contributed by atoms with Gasteiger partial charge in [0.25, 0.3) is 5.91 Å². The van der Waals surface area contributed by atoms with Crippen LogP contribution in [0.5, 0.6) is 0 Å². The second kappa shape index (κ2) is 8.04. The van der Waals surface area contributed by atoms with Crippen molar-refractivity contribution < 1.29 is 27.6 Å². The summed E-state index contributed by atoms with van der Waals surface area (Å²) in [7, 11) is 0. The number of nitrogens with zero attached hydrogens (tertiary/aromatic N) is 2. The van der Waals surface area contributed by atoms with Gasteiger partial charge in [-0.15, -0.1) is 0 Å².